The Bertz CT molecular complexity index is 713. The summed E-state index contributed by atoms with van der Waals surface area (Å²) < 4.78 is 0. The molecule has 29 heavy (non-hydrogen) atoms. The Balaban J connectivity index is 1.43. The van der Waals surface area contributed by atoms with Crippen molar-refractivity contribution in [2.45, 2.75) is 51.6 Å². The Hall–Kier alpha value is -2.08. The van der Waals surface area contributed by atoms with E-state index in [2.05, 4.69) is 65.2 Å². The van der Waals surface area contributed by atoms with Gasteiger partial charge < -0.3 is 20.0 Å². The van der Waals surface area contributed by atoms with Crippen molar-refractivity contribution in [2.75, 3.05) is 50.0 Å². The number of likely N-dealkylation sites (N-methyl/N-ethyl adjacent to an activating group) is 1. The largest absolute Gasteiger partial charge is 0.369 e. The lowest BCUT2D eigenvalue weighted by atomic mass is 10.0. The highest BCUT2D eigenvalue weighted by Crippen LogP contribution is 2.25. The molecular formula is C23H36N6. The molecule has 6 heteroatoms. The molecule has 0 radical (unpaired) electrons. The van der Waals surface area contributed by atoms with Crippen LogP contribution >= 0.6 is 0 Å². The number of guanidine groups is 1. The van der Waals surface area contributed by atoms with Gasteiger partial charge in [0.1, 0.15) is 0 Å². The molecule has 1 saturated heterocycles. The molecule has 1 unspecified atom stereocenters. The van der Waals surface area contributed by atoms with Gasteiger partial charge in [0.05, 0.1) is 12.4 Å². The van der Waals surface area contributed by atoms with Crippen LogP contribution in [0.5, 0.6) is 0 Å². The number of hydrogen-bond acceptors (Lipinski definition) is 6. The fourth-order valence-corrected chi connectivity index (χ4v) is 4.51. The maximum atomic E-state index is 4.86. The second kappa shape index (κ2) is 9.16. The molecule has 158 valence electrons. The summed E-state index contributed by atoms with van der Waals surface area (Å²) in [4.78, 5) is 16.9. The zero-order chi connectivity index (χ0) is 20.2. The van der Waals surface area contributed by atoms with Crippen molar-refractivity contribution in [1.82, 2.24) is 9.80 Å². The van der Waals surface area contributed by atoms with Gasteiger partial charge >= 0.3 is 0 Å². The lowest BCUT2D eigenvalue weighted by Crippen LogP contribution is -2.44. The fourth-order valence-electron chi connectivity index (χ4n) is 4.51. The lowest BCUT2D eigenvalue weighted by molar-refractivity contribution is 0.266. The van der Waals surface area contributed by atoms with Gasteiger partial charge in [-0.2, -0.15) is 0 Å². The average molecular weight is 397 g/mol. The number of nitrogens with one attached hydrogen (secondary N) is 1. The summed E-state index contributed by atoms with van der Waals surface area (Å²) in [6, 6.07) is 9.61. The van der Waals surface area contributed by atoms with Gasteiger partial charge in [-0.3, -0.25) is 0 Å². The van der Waals surface area contributed by atoms with Crippen LogP contribution in [0.15, 0.2) is 34.3 Å². The minimum absolute atomic E-state index is 0.253. The molecule has 6 nitrogen and oxygen atoms in total. The van der Waals surface area contributed by atoms with Gasteiger partial charge in [0, 0.05) is 50.1 Å². The highest BCUT2D eigenvalue weighted by atomic mass is 15.3. The van der Waals surface area contributed by atoms with E-state index in [0.717, 1.165) is 44.4 Å². The Morgan fingerprint density at radius 1 is 0.966 bits per heavy atom. The zero-order valence-electron chi connectivity index (χ0n) is 18.2. The van der Waals surface area contributed by atoms with E-state index < -0.39 is 0 Å². The van der Waals surface area contributed by atoms with Crippen molar-refractivity contribution >= 4 is 23.7 Å². The number of aliphatic imine (C=N–C) groups is 2. The zero-order valence-corrected chi connectivity index (χ0v) is 18.2. The lowest BCUT2D eigenvalue weighted by Gasteiger charge is -2.34. The Labute approximate surface area is 175 Å². The topological polar surface area (TPSA) is 46.5 Å². The number of benzene rings is 1. The van der Waals surface area contributed by atoms with Gasteiger partial charge in [-0.05, 0) is 57.0 Å². The second-order valence-corrected chi connectivity index (χ2v) is 9.01. The quantitative estimate of drug-likeness (QED) is 0.849. The third-order valence-corrected chi connectivity index (χ3v) is 6.76. The van der Waals surface area contributed by atoms with Crippen molar-refractivity contribution in [3.8, 4) is 0 Å². The van der Waals surface area contributed by atoms with Gasteiger partial charge in [0.25, 0.3) is 0 Å². The Kier molecular flexibility index (Phi) is 6.38. The molecule has 2 heterocycles. The summed E-state index contributed by atoms with van der Waals surface area (Å²) in [7, 11) is 2.19. The van der Waals surface area contributed by atoms with Crippen LogP contribution in [-0.4, -0.2) is 74.0 Å². The predicted octanol–water partition coefficient (Wildman–Crippen LogP) is 3.52. The van der Waals surface area contributed by atoms with Gasteiger partial charge in [-0.15, -0.1) is 0 Å². The summed E-state index contributed by atoms with van der Waals surface area (Å²) >= 11 is 0. The van der Waals surface area contributed by atoms with Crippen LogP contribution in [0, 0.1) is 5.92 Å². The van der Waals surface area contributed by atoms with E-state index >= 15 is 0 Å². The molecule has 4 rings (SSSR count). The van der Waals surface area contributed by atoms with E-state index in [9.17, 15) is 0 Å². The van der Waals surface area contributed by atoms with E-state index in [1.165, 1.54) is 31.4 Å². The smallest absolute Gasteiger partial charge is 0.224 e. The maximum Gasteiger partial charge on any atom is 0.224 e. The van der Waals surface area contributed by atoms with Crippen LogP contribution in [0.2, 0.25) is 0 Å². The minimum atomic E-state index is 0.253. The SMILES string of the molecule is CC1CN(C2CCCC2)C=NC(Nc2ccc(N3CCN(C)CC3)cc2)=N[C@H]1C. The molecule has 1 aliphatic carbocycles. The van der Waals surface area contributed by atoms with Crippen molar-refractivity contribution in [3.63, 3.8) is 0 Å². The summed E-state index contributed by atoms with van der Waals surface area (Å²) in [5.74, 6) is 1.23. The normalized spacial score (nSPS) is 26.9. The molecule has 1 aromatic carbocycles. The molecule has 2 atom stereocenters. The van der Waals surface area contributed by atoms with Crippen LogP contribution in [0.4, 0.5) is 11.4 Å². The summed E-state index contributed by atoms with van der Waals surface area (Å²) in [6.45, 7) is 9.98. The highest BCUT2D eigenvalue weighted by molar-refractivity contribution is 5.98. The van der Waals surface area contributed by atoms with Crippen LogP contribution in [0.25, 0.3) is 0 Å². The molecule has 0 aromatic heterocycles. The average Bonchev–Trinajstić information content (AvgIpc) is 3.25. The third-order valence-electron chi connectivity index (χ3n) is 6.76. The Morgan fingerprint density at radius 3 is 2.34 bits per heavy atom. The summed E-state index contributed by atoms with van der Waals surface area (Å²) in [5.41, 5.74) is 2.34. The van der Waals surface area contributed by atoms with E-state index in [4.69, 9.17) is 9.98 Å². The number of anilines is 2. The van der Waals surface area contributed by atoms with Crippen molar-refractivity contribution < 1.29 is 0 Å². The van der Waals surface area contributed by atoms with Gasteiger partial charge in [0.15, 0.2) is 0 Å². The standard InChI is InChI=1S/C23H36N6/c1-18-16-29(21-6-4-5-7-21)17-24-23(25-19(18)2)26-20-8-10-22(11-9-20)28-14-12-27(3)13-15-28/h8-11,17-19,21H,4-7,12-16H2,1-3H3,(H,25,26)/t18?,19-/m0/s1. The molecule has 1 N–H and O–H groups in total. The number of hydrogen-bond donors (Lipinski definition) is 1. The van der Waals surface area contributed by atoms with E-state index in [-0.39, 0.29) is 6.04 Å². The predicted molar refractivity (Wildman–Crippen MR) is 123 cm³/mol. The summed E-state index contributed by atoms with van der Waals surface area (Å²) in [6.07, 6.45) is 7.31. The minimum Gasteiger partial charge on any atom is -0.369 e. The molecule has 0 spiro atoms. The van der Waals surface area contributed by atoms with E-state index in [1.54, 1.807) is 0 Å². The molecule has 1 aromatic rings. The van der Waals surface area contributed by atoms with E-state index in [0.29, 0.717) is 12.0 Å². The van der Waals surface area contributed by atoms with E-state index in [1.807, 2.05) is 6.34 Å². The molecule has 3 aliphatic rings. The van der Waals surface area contributed by atoms with Gasteiger partial charge in [0.2, 0.25) is 5.96 Å². The first-order valence-corrected chi connectivity index (χ1v) is 11.3. The van der Waals surface area contributed by atoms with Crippen LogP contribution in [0.3, 0.4) is 0 Å². The first-order chi connectivity index (χ1) is 14.1. The van der Waals surface area contributed by atoms with Crippen molar-refractivity contribution in [3.05, 3.63) is 24.3 Å². The first kappa shape index (κ1) is 20.2. The second-order valence-electron chi connectivity index (χ2n) is 9.01. The van der Waals surface area contributed by atoms with Crippen molar-refractivity contribution in [2.24, 2.45) is 15.9 Å². The van der Waals surface area contributed by atoms with Crippen molar-refractivity contribution in [1.29, 1.82) is 0 Å². The third kappa shape index (κ3) is 5.10. The van der Waals surface area contributed by atoms with Gasteiger partial charge in [-0.1, -0.05) is 19.8 Å². The highest BCUT2D eigenvalue weighted by Gasteiger charge is 2.25. The molecule has 0 amide bonds. The van der Waals surface area contributed by atoms with Crippen LogP contribution in [0.1, 0.15) is 39.5 Å². The van der Waals surface area contributed by atoms with Crippen LogP contribution in [-0.2, 0) is 0 Å². The molecule has 1 saturated carbocycles. The molecule has 2 fully saturated rings. The monoisotopic (exact) mass is 396 g/mol. The van der Waals surface area contributed by atoms with Gasteiger partial charge in [-0.25, -0.2) is 9.98 Å². The first-order valence-electron chi connectivity index (χ1n) is 11.3. The number of nitrogens with zero attached hydrogens (tertiary/aromatic N) is 5. The van der Waals surface area contributed by atoms with Crippen LogP contribution < -0.4 is 10.2 Å². The number of piperazine rings is 1. The Morgan fingerprint density at radius 2 is 1.66 bits per heavy atom. The summed E-state index contributed by atoms with van der Waals surface area (Å²) in [5, 5.41) is 3.45. The molecule has 0 bridgehead atoms. The number of rotatable bonds is 3. The fraction of sp³-hybridized carbons (Fsp3) is 0.652. The maximum absolute atomic E-state index is 4.86. The molecular weight excluding hydrogens is 360 g/mol. The molecule has 2 aliphatic heterocycles.